The average molecular weight is 1550 g/mol. The van der Waals surface area contributed by atoms with Gasteiger partial charge in [-0.3, -0.25) is 34.1 Å². The Kier molecular flexibility index (Phi) is 29.6. The molecule has 4 amide bonds. The van der Waals surface area contributed by atoms with Gasteiger partial charge in [0.05, 0.1) is 5.69 Å². The molecule has 0 aliphatic rings. The van der Waals surface area contributed by atoms with Crippen molar-refractivity contribution in [3.05, 3.63) is 305 Å². The van der Waals surface area contributed by atoms with Crippen LogP contribution in [0.4, 0.5) is 0 Å². The summed E-state index contributed by atoms with van der Waals surface area (Å²) < 4.78 is 0. The minimum absolute atomic E-state index is 0.0490. The van der Waals surface area contributed by atoms with Crippen LogP contribution in [0.15, 0.2) is 238 Å². The maximum atomic E-state index is 13.1. The quantitative estimate of drug-likeness (QED) is 0.0513. The first-order valence-corrected chi connectivity index (χ1v) is 40.7. The first-order chi connectivity index (χ1) is 55.0. The Hall–Kier alpha value is -11.8. The molecule has 4 N–H and O–H groups in total. The molecule has 8 aromatic carbocycles. The van der Waals surface area contributed by atoms with Crippen LogP contribution in [0.1, 0.15) is 234 Å². The molecule has 0 radical (unpaired) electrons. The molecule has 0 unspecified atom stereocenters. The van der Waals surface area contributed by atoms with Crippen LogP contribution in [0.25, 0.3) is 89.0 Å². The van der Waals surface area contributed by atoms with E-state index in [0.29, 0.717) is 28.2 Å². The predicted octanol–water partition coefficient (Wildman–Crippen LogP) is 24.8. The van der Waals surface area contributed by atoms with E-state index in [1.165, 1.54) is 27.8 Å². The van der Waals surface area contributed by atoms with Gasteiger partial charge in [-0.15, -0.1) is 0 Å². The van der Waals surface area contributed by atoms with E-state index in [1.807, 2.05) is 154 Å². The van der Waals surface area contributed by atoms with Gasteiger partial charge in [0.2, 0.25) is 0 Å². The Bertz CT molecular complexity index is 5050. The summed E-state index contributed by atoms with van der Waals surface area (Å²) in [6.45, 7) is 45.6. The van der Waals surface area contributed by atoms with E-state index in [4.69, 9.17) is 0 Å². The standard InChI is InChI=1S/C27H32N2O.C26H31N3O.2C25H28N2O/c1-7-27(5,6)29-26(30)23-15-21(20-10-8-19(4)9-11-20)14-22(16-23)25-17-28-13-12-24(25)18(2)3;1-7-26(5,6)29-25(30)22-13-20(19-10-8-18(4)9-11-19)12-21(14-22)23-15-27-16-28-24(23)17(2)3;1-6-25(4,5)27-24(28)22-14-20(19-9-7-17(2)8-10-19)13-21(15-22)23-16-26-12-11-18(23)3;1-6-25(4,5)27-24(28)22-15-20(19-11-9-17(2)10-12-19)14-21(16-22)23-8-7-13-26-18(23)3/h8-18H,7H2,1-6H3,(H,29,30);8-17H,7H2,1-6H3,(H,29,30);2*7-16H,6H2,1-5H3,(H,27,28). The molecule has 0 aliphatic heterocycles. The lowest BCUT2D eigenvalue weighted by Gasteiger charge is -2.25. The fraction of sp³-hybridized carbons (Fsp3) is 0.311. The number of hydrogen-bond acceptors (Lipinski definition) is 9. The van der Waals surface area contributed by atoms with Gasteiger partial charge >= 0.3 is 0 Å². The minimum Gasteiger partial charge on any atom is -0.347 e. The summed E-state index contributed by atoms with van der Waals surface area (Å²) in [5, 5.41) is 12.6. The molecular weight excluding hydrogens is 1430 g/mol. The molecule has 4 heterocycles. The highest BCUT2D eigenvalue weighted by atomic mass is 16.2. The van der Waals surface area contributed by atoms with Gasteiger partial charge in [0, 0.05) is 110 Å². The Morgan fingerprint density at radius 3 is 0.931 bits per heavy atom. The Morgan fingerprint density at radius 1 is 0.310 bits per heavy atom. The van der Waals surface area contributed by atoms with Crippen molar-refractivity contribution in [3.63, 3.8) is 0 Å². The molecule has 0 aliphatic carbocycles. The summed E-state index contributed by atoms with van der Waals surface area (Å²) in [7, 11) is 0. The number of hydrogen-bond donors (Lipinski definition) is 4. The number of amides is 4. The van der Waals surface area contributed by atoms with Crippen molar-refractivity contribution in [2.24, 2.45) is 0 Å². The van der Waals surface area contributed by atoms with Gasteiger partial charge in [0.25, 0.3) is 23.6 Å². The molecule has 0 spiro atoms. The van der Waals surface area contributed by atoms with Crippen molar-refractivity contribution < 1.29 is 19.2 Å². The van der Waals surface area contributed by atoms with Gasteiger partial charge in [-0.1, -0.05) is 181 Å². The molecule has 0 saturated heterocycles. The smallest absolute Gasteiger partial charge is 0.251 e. The number of benzene rings is 8. The van der Waals surface area contributed by atoms with Gasteiger partial charge in [0.1, 0.15) is 6.33 Å². The van der Waals surface area contributed by atoms with E-state index in [-0.39, 0.29) is 51.7 Å². The lowest BCUT2D eigenvalue weighted by atomic mass is 9.90. The molecule has 600 valence electrons. The van der Waals surface area contributed by atoms with Gasteiger partial charge in [-0.25, -0.2) is 9.97 Å². The van der Waals surface area contributed by atoms with Crippen molar-refractivity contribution in [3.8, 4) is 89.0 Å². The van der Waals surface area contributed by atoms with E-state index in [1.54, 1.807) is 18.7 Å². The first-order valence-electron chi connectivity index (χ1n) is 40.7. The summed E-state index contributed by atoms with van der Waals surface area (Å²) in [5.74, 6) is 0.393. The highest BCUT2D eigenvalue weighted by Gasteiger charge is 2.26. The lowest BCUT2D eigenvalue weighted by Crippen LogP contribution is -2.42. The molecule has 0 fully saturated rings. The molecule has 12 rings (SSSR count). The fourth-order valence-electron chi connectivity index (χ4n) is 12.9. The van der Waals surface area contributed by atoms with Crippen molar-refractivity contribution >= 4 is 23.6 Å². The molecule has 0 saturated carbocycles. The number of aryl methyl sites for hydroxylation is 6. The van der Waals surface area contributed by atoms with E-state index in [9.17, 15) is 19.2 Å². The number of carbonyl (C=O) groups is 4. The zero-order valence-electron chi connectivity index (χ0n) is 72.4. The molecule has 116 heavy (non-hydrogen) atoms. The second kappa shape index (κ2) is 39.0. The fourth-order valence-corrected chi connectivity index (χ4v) is 12.9. The molecule has 4 aromatic heterocycles. The number of rotatable bonds is 22. The van der Waals surface area contributed by atoms with Gasteiger partial charge < -0.3 is 21.3 Å². The van der Waals surface area contributed by atoms with Crippen LogP contribution in [0.2, 0.25) is 0 Å². The maximum absolute atomic E-state index is 13.1. The summed E-state index contributed by atoms with van der Waals surface area (Å²) in [6, 6.07) is 65.9. The van der Waals surface area contributed by atoms with Crippen molar-refractivity contribution in [1.82, 2.24) is 46.2 Å². The molecule has 13 heteroatoms. The van der Waals surface area contributed by atoms with E-state index >= 15 is 0 Å². The predicted molar refractivity (Wildman–Crippen MR) is 482 cm³/mol. The summed E-state index contributed by atoms with van der Waals surface area (Å²) in [6.07, 6.45) is 16.1. The van der Waals surface area contributed by atoms with Crippen molar-refractivity contribution in [2.45, 2.75) is 212 Å². The summed E-state index contributed by atoms with van der Waals surface area (Å²) in [5.41, 5.74) is 27.3. The monoisotopic (exact) mass is 1550 g/mol. The third-order valence-corrected chi connectivity index (χ3v) is 21.7. The van der Waals surface area contributed by atoms with Gasteiger partial charge in [0.15, 0.2) is 0 Å². The van der Waals surface area contributed by atoms with E-state index in [2.05, 4.69) is 264 Å². The Balaban J connectivity index is 0.000000177. The van der Waals surface area contributed by atoms with Crippen LogP contribution < -0.4 is 21.3 Å². The third-order valence-electron chi connectivity index (χ3n) is 21.7. The van der Waals surface area contributed by atoms with Crippen LogP contribution >= 0.6 is 0 Å². The number of nitrogens with zero attached hydrogens (tertiary/aromatic N) is 5. The van der Waals surface area contributed by atoms with Crippen LogP contribution in [0.3, 0.4) is 0 Å². The number of carbonyl (C=O) groups excluding carboxylic acids is 4. The molecule has 0 bridgehead atoms. The first kappa shape index (κ1) is 88.1. The average Bonchev–Trinajstić information content (AvgIpc) is 0.812. The highest BCUT2D eigenvalue weighted by molar-refractivity contribution is 6.01. The number of pyridine rings is 3. The zero-order valence-corrected chi connectivity index (χ0v) is 72.4. The Labute approximate surface area is 690 Å². The van der Waals surface area contributed by atoms with Gasteiger partial charge in [-0.05, 0) is 303 Å². The van der Waals surface area contributed by atoms with E-state index < -0.39 is 0 Å². The molecule has 12 aromatic rings. The normalized spacial score (nSPS) is 11.4. The van der Waals surface area contributed by atoms with Gasteiger partial charge in [-0.2, -0.15) is 0 Å². The minimum atomic E-state index is -0.268. The van der Waals surface area contributed by atoms with Crippen molar-refractivity contribution in [1.29, 1.82) is 0 Å². The molecule has 13 nitrogen and oxygen atoms in total. The lowest BCUT2D eigenvalue weighted by molar-refractivity contribution is 0.0902. The van der Waals surface area contributed by atoms with Crippen LogP contribution in [-0.2, 0) is 0 Å². The molecular formula is C103H119N9O4. The number of nitrogens with one attached hydrogen (secondary N) is 4. The third kappa shape index (κ3) is 24.1. The van der Waals surface area contributed by atoms with E-state index in [0.717, 1.165) is 132 Å². The van der Waals surface area contributed by atoms with Crippen LogP contribution in [0.5, 0.6) is 0 Å². The maximum Gasteiger partial charge on any atom is 0.251 e. The van der Waals surface area contributed by atoms with Crippen LogP contribution in [0, 0.1) is 41.5 Å². The zero-order chi connectivity index (χ0) is 84.4. The second-order valence-electron chi connectivity index (χ2n) is 33.8. The second-order valence-corrected chi connectivity index (χ2v) is 33.8. The number of aromatic nitrogens is 5. The molecule has 0 atom stereocenters. The summed E-state index contributed by atoms with van der Waals surface area (Å²) >= 11 is 0. The summed E-state index contributed by atoms with van der Waals surface area (Å²) in [4.78, 5) is 74.1. The Morgan fingerprint density at radius 2 is 0.612 bits per heavy atom. The largest absolute Gasteiger partial charge is 0.347 e. The van der Waals surface area contributed by atoms with Crippen molar-refractivity contribution in [2.75, 3.05) is 0 Å². The topological polar surface area (TPSA) is 181 Å². The SMILES string of the molecule is CCC(C)(C)NC(=O)c1cc(-c2ccc(C)cc2)cc(-c2cccnc2C)c1.CCC(C)(C)NC(=O)c1cc(-c2ccc(C)cc2)cc(-c2cnccc2C(C)C)c1.CCC(C)(C)NC(=O)c1cc(-c2ccc(C)cc2)cc(-c2cnccc2C)c1.CCC(C)(C)NC(=O)c1cc(-c2ccc(C)cc2)cc(-c2cncnc2C(C)C)c1. The van der Waals surface area contributed by atoms with Crippen LogP contribution in [-0.4, -0.2) is 70.7 Å². The highest BCUT2D eigenvalue weighted by Crippen LogP contribution is 2.37.